The van der Waals surface area contributed by atoms with Crippen molar-refractivity contribution in [2.75, 3.05) is 27.4 Å². The van der Waals surface area contributed by atoms with Gasteiger partial charge in [-0.1, -0.05) is 42.0 Å². The van der Waals surface area contributed by atoms with Gasteiger partial charge in [0, 0.05) is 16.9 Å². The van der Waals surface area contributed by atoms with Crippen LogP contribution in [0.4, 0.5) is 21.5 Å². The quantitative estimate of drug-likeness (QED) is 0.609. The third kappa shape index (κ3) is 3.45. The van der Waals surface area contributed by atoms with Gasteiger partial charge in [-0.05, 0) is 49.7 Å². The molecule has 0 aliphatic carbocycles. The molecule has 0 radical (unpaired) electrons. The van der Waals surface area contributed by atoms with Gasteiger partial charge in [-0.15, -0.1) is 11.8 Å². The first-order valence-corrected chi connectivity index (χ1v) is 11.8. The molecule has 1 unspecified atom stereocenters. The summed E-state index contributed by atoms with van der Waals surface area (Å²) in [5.41, 5.74) is 3.99. The molecule has 2 aliphatic heterocycles. The first kappa shape index (κ1) is 22.2. The number of hydrogen-bond donors (Lipinski definition) is 1. The number of aryl methyl sites for hydroxylation is 2. The molecule has 1 saturated heterocycles. The number of carbonyl (C=O) groups is 3. The fourth-order valence-electron chi connectivity index (χ4n) is 4.54. The smallest absolute Gasteiger partial charge is 0.269 e. The number of nitrogens with zero attached hydrogens (tertiary/aromatic N) is 2. The lowest BCUT2D eigenvalue weighted by Gasteiger charge is -2.33. The van der Waals surface area contributed by atoms with Gasteiger partial charge >= 0.3 is 0 Å². The molecule has 1 fully saturated rings. The standard InChI is InChI=1S/C26H22FN3O3S/c1-16-10-11-22-20(12-16)26(30(24(32)15-34-26)19-8-5-7-18(27)13-19)25(33)29(22)14-23(31)28-21-9-4-3-6-17(21)2/h3-13H,14-15H2,1-2H3,(H,28,31). The monoisotopic (exact) mass is 475 g/mol. The van der Waals surface area contributed by atoms with Gasteiger partial charge in [0.2, 0.25) is 16.7 Å². The second kappa shape index (κ2) is 8.29. The van der Waals surface area contributed by atoms with E-state index in [1.807, 2.05) is 44.2 Å². The number of thioether (sulfide) groups is 1. The molecule has 172 valence electrons. The fraction of sp³-hybridized carbons (Fsp3) is 0.192. The van der Waals surface area contributed by atoms with Crippen molar-refractivity contribution in [1.29, 1.82) is 0 Å². The summed E-state index contributed by atoms with van der Waals surface area (Å²) < 4.78 is 14.1. The van der Waals surface area contributed by atoms with Crippen molar-refractivity contribution in [3.8, 4) is 0 Å². The number of nitrogens with one attached hydrogen (secondary N) is 1. The zero-order valence-electron chi connectivity index (χ0n) is 18.7. The minimum atomic E-state index is -1.39. The molecule has 0 bridgehead atoms. The minimum absolute atomic E-state index is 0.0683. The zero-order chi connectivity index (χ0) is 24.0. The van der Waals surface area contributed by atoms with Crippen LogP contribution in [-0.4, -0.2) is 30.0 Å². The molecule has 5 rings (SSSR count). The van der Waals surface area contributed by atoms with E-state index in [9.17, 15) is 18.8 Å². The Bertz CT molecular complexity index is 1340. The van der Waals surface area contributed by atoms with Gasteiger partial charge in [0.15, 0.2) is 0 Å². The topological polar surface area (TPSA) is 69.7 Å². The van der Waals surface area contributed by atoms with Crippen LogP contribution >= 0.6 is 11.8 Å². The van der Waals surface area contributed by atoms with Crippen molar-refractivity contribution in [1.82, 2.24) is 0 Å². The average molecular weight is 476 g/mol. The zero-order valence-corrected chi connectivity index (χ0v) is 19.5. The van der Waals surface area contributed by atoms with Gasteiger partial charge in [0.1, 0.15) is 12.4 Å². The Balaban J connectivity index is 1.56. The molecule has 0 aromatic heterocycles. The summed E-state index contributed by atoms with van der Waals surface area (Å²) in [5.74, 6) is -1.46. The molecule has 3 aromatic rings. The summed E-state index contributed by atoms with van der Waals surface area (Å²) in [5, 5.41) is 2.87. The number of carbonyl (C=O) groups excluding carboxylic acids is 3. The second-order valence-corrected chi connectivity index (χ2v) is 9.58. The molecule has 1 spiro atoms. The van der Waals surface area contributed by atoms with Gasteiger partial charge < -0.3 is 5.32 Å². The molecule has 8 heteroatoms. The maximum absolute atomic E-state index is 14.1. The van der Waals surface area contributed by atoms with E-state index in [4.69, 9.17) is 0 Å². The Kier molecular flexibility index (Phi) is 5.40. The van der Waals surface area contributed by atoms with Crippen molar-refractivity contribution < 1.29 is 18.8 Å². The summed E-state index contributed by atoms with van der Waals surface area (Å²) in [7, 11) is 0. The highest BCUT2D eigenvalue weighted by Crippen LogP contribution is 2.55. The van der Waals surface area contributed by atoms with Gasteiger partial charge in [0.05, 0.1) is 11.4 Å². The lowest BCUT2D eigenvalue weighted by molar-refractivity contribution is -0.124. The van der Waals surface area contributed by atoms with Crippen molar-refractivity contribution in [2.24, 2.45) is 0 Å². The van der Waals surface area contributed by atoms with Crippen LogP contribution in [0.5, 0.6) is 0 Å². The predicted molar refractivity (Wildman–Crippen MR) is 131 cm³/mol. The first-order valence-electron chi connectivity index (χ1n) is 10.8. The van der Waals surface area contributed by atoms with E-state index < -0.39 is 16.6 Å². The Morgan fingerprint density at radius 2 is 1.85 bits per heavy atom. The van der Waals surface area contributed by atoms with Crippen LogP contribution in [0.15, 0.2) is 66.7 Å². The number of amides is 3. The van der Waals surface area contributed by atoms with E-state index in [1.165, 1.54) is 39.8 Å². The fourth-order valence-corrected chi connectivity index (χ4v) is 5.89. The number of hydrogen-bond acceptors (Lipinski definition) is 4. The highest BCUT2D eigenvalue weighted by Gasteiger charge is 2.61. The number of benzene rings is 3. The normalized spacial score (nSPS) is 19.1. The lowest BCUT2D eigenvalue weighted by atomic mass is 10.0. The molecule has 6 nitrogen and oxygen atoms in total. The van der Waals surface area contributed by atoms with Crippen LogP contribution in [0.3, 0.4) is 0 Å². The van der Waals surface area contributed by atoms with Gasteiger partial charge in [-0.3, -0.25) is 24.2 Å². The van der Waals surface area contributed by atoms with Crippen LogP contribution in [-0.2, 0) is 19.3 Å². The number of para-hydroxylation sites is 1. The first-order chi connectivity index (χ1) is 16.3. The Hall–Kier alpha value is -3.65. The van der Waals surface area contributed by atoms with Crippen LogP contribution < -0.4 is 15.1 Å². The van der Waals surface area contributed by atoms with E-state index in [-0.39, 0.29) is 24.1 Å². The van der Waals surface area contributed by atoms with Crippen molar-refractivity contribution >= 4 is 46.5 Å². The number of halogens is 1. The summed E-state index contributed by atoms with van der Waals surface area (Å²) in [4.78, 5) is 41.4. The van der Waals surface area contributed by atoms with E-state index in [0.717, 1.165) is 11.1 Å². The summed E-state index contributed by atoms with van der Waals surface area (Å²) in [6, 6.07) is 18.6. The molecule has 1 atom stereocenters. The molecule has 1 N–H and O–H groups in total. The van der Waals surface area contributed by atoms with Crippen molar-refractivity contribution in [2.45, 2.75) is 18.7 Å². The van der Waals surface area contributed by atoms with Gasteiger partial charge in [-0.25, -0.2) is 4.39 Å². The maximum Gasteiger partial charge on any atom is 0.269 e. The third-order valence-corrected chi connectivity index (χ3v) is 7.49. The number of anilines is 3. The summed E-state index contributed by atoms with van der Waals surface area (Å²) in [6.45, 7) is 3.58. The molecule has 34 heavy (non-hydrogen) atoms. The molecular weight excluding hydrogens is 453 g/mol. The van der Waals surface area contributed by atoms with Crippen molar-refractivity contribution in [3.05, 3.63) is 89.2 Å². The second-order valence-electron chi connectivity index (χ2n) is 8.42. The van der Waals surface area contributed by atoms with E-state index in [2.05, 4.69) is 5.32 Å². The van der Waals surface area contributed by atoms with Crippen LogP contribution in [0.1, 0.15) is 16.7 Å². The summed E-state index contributed by atoms with van der Waals surface area (Å²) in [6.07, 6.45) is 0. The summed E-state index contributed by atoms with van der Waals surface area (Å²) >= 11 is 1.20. The maximum atomic E-state index is 14.1. The lowest BCUT2D eigenvalue weighted by Crippen LogP contribution is -2.51. The Morgan fingerprint density at radius 3 is 2.62 bits per heavy atom. The average Bonchev–Trinajstić information content (AvgIpc) is 3.26. The molecular formula is C26H22FN3O3S. The van der Waals surface area contributed by atoms with Gasteiger partial charge in [0.25, 0.3) is 5.91 Å². The number of fused-ring (bicyclic) bond motifs is 2. The van der Waals surface area contributed by atoms with Crippen LogP contribution in [0, 0.1) is 19.7 Å². The van der Waals surface area contributed by atoms with Crippen LogP contribution in [0.25, 0.3) is 0 Å². The van der Waals surface area contributed by atoms with E-state index in [0.29, 0.717) is 22.6 Å². The van der Waals surface area contributed by atoms with Crippen molar-refractivity contribution in [3.63, 3.8) is 0 Å². The molecule has 0 saturated carbocycles. The predicted octanol–water partition coefficient (Wildman–Crippen LogP) is 4.36. The third-order valence-electron chi connectivity index (χ3n) is 6.10. The Labute approximate surface area is 200 Å². The molecule has 3 amide bonds. The molecule has 3 aromatic carbocycles. The molecule has 2 aliphatic rings. The highest BCUT2D eigenvalue weighted by atomic mass is 32.2. The highest BCUT2D eigenvalue weighted by molar-refractivity contribution is 8.02. The largest absolute Gasteiger partial charge is 0.324 e. The Morgan fingerprint density at radius 1 is 1.06 bits per heavy atom. The number of rotatable bonds is 4. The van der Waals surface area contributed by atoms with E-state index in [1.54, 1.807) is 18.2 Å². The van der Waals surface area contributed by atoms with Gasteiger partial charge in [-0.2, -0.15) is 0 Å². The molecule has 2 heterocycles. The SMILES string of the molecule is Cc1ccc2c(c1)C1(SCC(=O)N1c1cccc(F)c1)C(=O)N2CC(=O)Nc1ccccc1C. The van der Waals surface area contributed by atoms with Crippen LogP contribution in [0.2, 0.25) is 0 Å². The minimum Gasteiger partial charge on any atom is -0.324 e. The van der Waals surface area contributed by atoms with E-state index >= 15 is 0 Å².